The first kappa shape index (κ1) is 12.7. The van der Waals surface area contributed by atoms with E-state index in [1.54, 1.807) is 0 Å². The fraction of sp³-hybridized carbons (Fsp3) is 0.462. The van der Waals surface area contributed by atoms with E-state index in [4.69, 9.17) is 5.73 Å². The van der Waals surface area contributed by atoms with Crippen molar-refractivity contribution in [1.29, 1.82) is 0 Å². The molecule has 0 aliphatic heterocycles. The highest BCUT2D eigenvalue weighted by atomic mass is 15.1. The van der Waals surface area contributed by atoms with Crippen LogP contribution in [0.15, 0.2) is 31.0 Å². The van der Waals surface area contributed by atoms with Gasteiger partial charge in [0.2, 0.25) is 0 Å². The summed E-state index contributed by atoms with van der Waals surface area (Å²) in [6.07, 6.45) is 6.00. The average Bonchev–Trinajstić information content (AvgIpc) is 2.29. The number of hydrogen-bond acceptors (Lipinski definition) is 3. The van der Waals surface area contributed by atoms with Gasteiger partial charge in [0.05, 0.1) is 17.6 Å². The molecule has 0 bridgehead atoms. The number of aromatic nitrogens is 1. The lowest BCUT2D eigenvalue weighted by Crippen LogP contribution is -2.18. The van der Waals surface area contributed by atoms with Crippen LogP contribution < -0.4 is 10.6 Å². The molecule has 0 radical (unpaired) electrons. The predicted molar refractivity (Wildman–Crippen MR) is 69.5 cm³/mol. The van der Waals surface area contributed by atoms with Crippen LogP contribution in [0.25, 0.3) is 0 Å². The number of nitrogens with two attached hydrogens (primary N) is 1. The van der Waals surface area contributed by atoms with E-state index in [0.29, 0.717) is 0 Å². The Morgan fingerprint density at radius 3 is 2.81 bits per heavy atom. The highest BCUT2D eigenvalue weighted by Gasteiger charge is 2.03. The number of pyridine rings is 1. The lowest BCUT2D eigenvalue weighted by atomic mass is 10.2. The van der Waals surface area contributed by atoms with Gasteiger partial charge in [-0.05, 0) is 31.9 Å². The molecule has 0 aromatic carbocycles. The molecule has 1 aromatic heterocycles. The second kappa shape index (κ2) is 6.28. The Morgan fingerprint density at radius 1 is 1.56 bits per heavy atom. The molecule has 0 amide bonds. The third-order valence-electron chi connectivity index (χ3n) is 2.58. The summed E-state index contributed by atoms with van der Waals surface area (Å²) >= 11 is 0. The van der Waals surface area contributed by atoms with Gasteiger partial charge in [-0.3, -0.25) is 4.98 Å². The summed E-state index contributed by atoms with van der Waals surface area (Å²) in [5, 5.41) is 0. The van der Waals surface area contributed by atoms with E-state index in [-0.39, 0.29) is 6.04 Å². The van der Waals surface area contributed by atoms with Crippen molar-refractivity contribution in [2.75, 3.05) is 18.5 Å². The van der Waals surface area contributed by atoms with Gasteiger partial charge in [-0.15, -0.1) is 6.58 Å². The molecule has 1 atom stereocenters. The zero-order chi connectivity index (χ0) is 12.0. The Bertz CT molecular complexity index is 316. The second-order valence-corrected chi connectivity index (χ2v) is 4.08. The maximum absolute atomic E-state index is 5.75. The van der Waals surface area contributed by atoms with Crippen LogP contribution in [0, 0.1) is 0 Å². The molecule has 0 saturated heterocycles. The number of anilines is 1. The van der Waals surface area contributed by atoms with E-state index in [1.165, 1.54) is 0 Å². The molecule has 1 rings (SSSR count). The molecule has 2 N–H and O–H groups in total. The molecule has 3 nitrogen and oxygen atoms in total. The molecule has 0 spiro atoms. The molecule has 0 aliphatic carbocycles. The summed E-state index contributed by atoms with van der Waals surface area (Å²) in [6, 6.07) is 4.06. The Hall–Kier alpha value is -1.35. The zero-order valence-corrected chi connectivity index (χ0v) is 10.2. The number of unbranched alkanes of at least 4 members (excludes halogenated alkanes) is 1. The molecule has 1 aromatic rings. The molecule has 88 valence electrons. The minimum absolute atomic E-state index is 0.000113. The summed E-state index contributed by atoms with van der Waals surface area (Å²) in [5.41, 5.74) is 7.82. The van der Waals surface area contributed by atoms with Gasteiger partial charge < -0.3 is 10.6 Å². The van der Waals surface area contributed by atoms with Gasteiger partial charge >= 0.3 is 0 Å². The molecule has 0 unspecified atom stereocenters. The Kier molecular flexibility index (Phi) is 4.99. The topological polar surface area (TPSA) is 42.1 Å². The molecule has 3 heteroatoms. The summed E-state index contributed by atoms with van der Waals surface area (Å²) in [7, 11) is 2.08. The molecule has 0 saturated carbocycles. The molecule has 0 aliphatic rings. The van der Waals surface area contributed by atoms with Crippen molar-refractivity contribution in [2.45, 2.75) is 25.8 Å². The summed E-state index contributed by atoms with van der Waals surface area (Å²) in [4.78, 5) is 6.54. The van der Waals surface area contributed by atoms with Crippen molar-refractivity contribution >= 4 is 5.69 Å². The zero-order valence-electron chi connectivity index (χ0n) is 10.2. The fourth-order valence-electron chi connectivity index (χ4n) is 1.49. The number of hydrogen-bond donors (Lipinski definition) is 1. The maximum Gasteiger partial charge on any atom is 0.0569 e. The standard InChI is InChI=1S/C13H21N3/c1-4-5-6-9-16(3)12-7-8-13(11(2)14)15-10-12/h4,7-8,10-11H,1,5-6,9,14H2,2-3H3/t11-/m1/s1. The van der Waals surface area contributed by atoms with E-state index < -0.39 is 0 Å². The van der Waals surface area contributed by atoms with Gasteiger partial charge in [0, 0.05) is 19.6 Å². The van der Waals surface area contributed by atoms with Gasteiger partial charge in [0.25, 0.3) is 0 Å². The first-order chi connectivity index (χ1) is 7.65. The Balaban J connectivity index is 2.55. The van der Waals surface area contributed by atoms with Gasteiger partial charge in [0.1, 0.15) is 0 Å². The van der Waals surface area contributed by atoms with E-state index in [2.05, 4.69) is 29.6 Å². The first-order valence-corrected chi connectivity index (χ1v) is 5.68. The summed E-state index contributed by atoms with van der Waals surface area (Å²) in [5.74, 6) is 0. The van der Waals surface area contributed by atoms with Crippen LogP contribution in [0.2, 0.25) is 0 Å². The van der Waals surface area contributed by atoms with Crippen molar-refractivity contribution in [3.8, 4) is 0 Å². The number of rotatable bonds is 6. The minimum Gasteiger partial charge on any atom is -0.373 e. The van der Waals surface area contributed by atoms with Crippen LogP contribution in [0.3, 0.4) is 0 Å². The minimum atomic E-state index is 0.000113. The van der Waals surface area contributed by atoms with Crippen molar-refractivity contribution in [3.63, 3.8) is 0 Å². The van der Waals surface area contributed by atoms with Crippen LogP contribution in [0.4, 0.5) is 5.69 Å². The van der Waals surface area contributed by atoms with E-state index in [9.17, 15) is 0 Å². The summed E-state index contributed by atoms with van der Waals surface area (Å²) < 4.78 is 0. The summed E-state index contributed by atoms with van der Waals surface area (Å²) in [6.45, 7) is 6.68. The fourth-order valence-corrected chi connectivity index (χ4v) is 1.49. The molecule has 1 heterocycles. The SMILES string of the molecule is C=CCCCN(C)c1ccc([C@@H](C)N)nc1. The monoisotopic (exact) mass is 219 g/mol. The number of nitrogens with zero attached hydrogens (tertiary/aromatic N) is 2. The average molecular weight is 219 g/mol. The van der Waals surface area contributed by atoms with Crippen LogP contribution >= 0.6 is 0 Å². The van der Waals surface area contributed by atoms with Gasteiger partial charge in [-0.25, -0.2) is 0 Å². The largest absolute Gasteiger partial charge is 0.373 e. The normalized spacial score (nSPS) is 12.2. The highest BCUT2D eigenvalue weighted by molar-refractivity contribution is 5.43. The van der Waals surface area contributed by atoms with Crippen molar-refractivity contribution in [3.05, 3.63) is 36.7 Å². The van der Waals surface area contributed by atoms with E-state index in [1.807, 2.05) is 25.3 Å². The quantitative estimate of drug-likeness (QED) is 0.590. The van der Waals surface area contributed by atoms with Crippen LogP contribution in [-0.4, -0.2) is 18.6 Å². The van der Waals surface area contributed by atoms with Gasteiger partial charge in [-0.2, -0.15) is 0 Å². The smallest absolute Gasteiger partial charge is 0.0569 e. The Labute approximate surface area is 98.0 Å². The molecular weight excluding hydrogens is 198 g/mol. The van der Waals surface area contributed by atoms with Crippen LogP contribution in [0.1, 0.15) is 31.5 Å². The molecule has 0 fully saturated rings. The first-order valence-electron chi connectivity index (χ1n) is 5.68. The van der Waals surface area contributed by atoms with Crippen LogP contribution in [-0.2, 0) is 0 Å². The lowest BCUT2D eigenvalue weighted by molar-refractivity contribution is 0.773. The lowest BCUT2D eigenvalue weighted by Gasteiger charge is -2.19. The number of allylic oxidation sites excluding steroid dienone is 1. The second-order valence-electron chi connectivity index (χ2n) is 4.08. The van der Waals surface area contributed by atoms with Crippen molar-refractivity contribution in [2.24, 2.45) is 5.73 Å². The van der Waals surface area contributed by atoms with Crippen molar-refractivity contribution in [1.82, 2.24) is 4.98 Å². The third-order valence-corrected chi connectivity index (χ3v) is 2.58. The highest BCUT2D eigenvalue weighted by Crippen LogP contribution is 2.14. The van der Waals surface area contributed by atoms with Crippen molar-refractivity contribution < 1.29 is 0 Å². The van der Waals surface area contributed by atoms with Crippen LogP contribution in [0.5, 0.6) is 0 Å². The Morgan fingerprint density at radius 2 is 2.31 bits per heavy atom. The van der Waals surface area contributed by atoms with E-state index in [0.717, 1.165) is 30.8 Å². The van der Waals surface area contributed by atoms with Gasteiger partial charge in [-0.1, -0.05) is 6.08 Å². The maximum atomic E-state index is 5.75. The molecule has 16 heavy (non-hydrogen) atoms. The molecular formula is C13H21N3. The predicted octanol–water partition coefficient (Wildman–Crippen LogP) is 2.50. The van der Waals surface area contributed by atoms with E-state index >= 15 is 0 Å². The third kappa shape index (κ3) is 3.66. The van der Waals surface area contributed by atoms with Gasteiger partial charge in [0.15, 0.2) is 0 Å².